The maximum absolute atomic E-state index is 12.4. The van der Waals surface area contributed by atoms with Crippen LogP contribution >= 0.6 is 0 Å². The molecule has 0 unspecified atom stereocenters. The zero-order chi connectivity index (χ0) is 20.9. The van der Waals surface area contributed by atoms with Crippen LogP contribution in [-0.2, 0) is 20.9 Å². The van der Waals surface area contributed by atoms with Crippen molar-refractivity contribution in [2.24, 2.45) is 0 Å². The van der Waals surface area contributed by atoms with E-state index in [1.165, 1.54) is 0 Å². The van der Waals surface area contributed by atoms with Crippen molar-refractivity contribution < 1.29 is 23.9 Å². The summed E-state index contributed by atoms with van der Waals surface area (Å²) in [4.78, 5) is 41.8. The van der Waals surface area contributed by atoms with Crippen LogP contribution in [0, 0.1) is 0 Å². The molecule has 9 heteroatoms. The average molecular weight is 416 g/mol. The van der Waals surface area contributed by atoms with Crippen molar-refractivity contribution in [1.82, 2.24) is 20.0 Å². The van der Waals surface area contributed by atoms with E-state index in [0.29, 0.717) is 52.1 Å². The van der Waals surface area contributed by atoms with Crippen molar-refractivity contribution in [2.75, 3.05) is 52.6 Å². The Labute approximate surface area is 175 Å². The highest BCUT2D eigenvalue weighted by atomic mass is 16.7. The molecule has 2 saturated heterocycles. The molecule has 4 rings (SSSR count). The molecule has 9 nitrogen and oxygen atoms in total. The summed E-state index contributed by atoms with van der Waals surface area (Å²) in [5.74, 6) is 0.678. The number of nitrogens with zero attached hydrogens (tertiary/aromatic N) is 3. The Morgan fingerprint density at radius 3 is 2.60 bits per heavy atom. The maximum Gasteiger partial charge on any atom is 0.311 e. The molecule has 0 radical (unpaired) electrons. The van der Waals surface area contributed by atoms with Crippen LogP contribution in [0.5, 0.6) is 11.5 Å². The van der Waals surface area contributed by atoms with E-state index in [4.69, 9.17) is 9.47 Å². The molecule has 0 spiro atoms. The van der Waals surface area contributed by atoms with Gasteiger partial charge in [0.1, 0.15) is 0 Å². The number of carbonyl (C=O) groups excluding carboxylic acids is 3. The first kappa shape index (κ1) is 20.5. The van der Waals surface area contributed by atoms with Gasteiger partial charge in [0, 0.05) is 58.8 Å². The second-order valence-corrected chi connectivity index (χ2v) is 7.85. The summed E-state index contributed by atoms with van der Waals surface area (Å²) < 4.78 is 10.8. The van der Waals surface area contributed by atoms with Crippen LogP contribution in [0.1, 0.15) is 24.8 Å². The van der Waals surface area contributed by atoms with Crippen LogP contribution in [-0.4, -0.2) is 85.0 Å². The number of hydrogen-bond acceptors (Lipinski definition) is 6. The van der Waals surface area contributed by atoms with Crippen LogP contribution in [0.3, 0.4) is 0 Å². The molecule has 30 heavy (non-hydrogen) atoms. The summed E-state index contributed by atoms with van der Waals surface area (Å²) in [7, 11) is 0. The first-order valence-electron chi connectivity index (χ1n) is 10.6. The molecule has 3 aliphatic heterocycles. The lowest BCUT2D eigenvalue weighted by Gasteiger charge is -2.34. The van der Waals surface area contributed by atoms with E-state index in [0.717, 1.165) is 36.6 Å². The zero-order valence-electron chi connectivity index (χ0n) is 17.1. The number of likely N-dealkylation sites (tertiary alicyclic amines) is 1. The van der Waals surface area contributed by atoms with Gasteiger partial charge in [-0.2, -0.15) is 0 Å². The van der Waals surface area contributed by atoms with Gasteiger partial charge in [-0.3, -0.25) is 19.3 Å². The van der Waals surface area contributed by atoms with Crippen molar-refractivity contribution in [3.8, 4) is 11.5 Å². The average Bonchev–Trinajstić information content (AvgIpc) is 3.39. The minimum absolute atomic E-state index is 0.177. The predicted molar refractivity (Wildman–Crippen MR) is 108 cm³/mol. The summed E-state index contributed by atoms with van der Waals surface area (Å²) in [5, 5.41) is 2.69. The highest BCUT2D eigenvalue weighted by Gasteiger charge is 2.26. The van der Waals surface area contributed by atoms with Gasteiger partial charge in [0.15, 0.2) is 11.5 Å². The molecule has 3 amide bonds. The van der Waals surface area contributed by atoms with E-state index in [9.17, 15) is 14.4 Å². The highest BCUT2D eigenvalue weighted by Crippen LogP contribution is 2.32. The van der Waals surface area contributed by atoms with Crippen LogP contribution in [0.25, 0.3) is 0 Å². The van der Waals surface area contributed by atoms with Gasteiger partial charge in [-0.1, -0.05) is 6.07 Å². The molecule has 3 aliphatic rings. The summed E-state index contributed by atoms with van der Waals surface area (Å²) in [5.41, 5.74) is 1.13. The van der Waals surface area contributed by atoms with Gasteiger partial charge in [0.25, 0.3) is 0 Å². The predicted octanol–water partition coefficient (Wildman–Crippen LogP) is 0.188. The topological polar surface area (TPSA) is 91.4 Å². The van der Waals surface area contributed by atoms with Crippen LogP contribution < -0.4 is 14.8 Å². The number of carbonyl (C=O) groups is 3. The third kappa shape index (κ3) is 4.84. The molecular weight excluding hydrogens is 388 g/mol. The number of nitrogens with one attached hydrogen (secondary N) is 1. The van der Waals surface area contributed by atoms with Gasteiger partial charge >= 0.3 is 11.8 Å². The monoisotopic (exact) mass is 416 g/mol. The smallest absolute Gasteiger partial charge is 0.311 e. The van der Waals surface area contributed by atoms with Crippen LogP contribution in [0.15, 0.2) is 18.2 Å². The molecular formula is C21H28N4O5. The van der Waals surface area contributed by atoms with Gasteiger partial charge in [-0.15, -0.1) is 0 Å². The van der Waals surface area contributed by atoms with E-state index in [1.54, 1.807) is 4.90 Å². The molecule has 0 bridgehead atoms. The Hall–Kier alpha value is -2.81. The van der Waals surface area contributed by atoms with Crippen molar-refractivity contribution >= 4 is 17.7 Å². The maximum atomic E-state index is 12.4. The standard InChI is InChI=1S/C21H28N4O5/c26-19-3-1-7-24(19)8-2-6-22-20(27)21(28)25-11-9-23(10-12-25)14-16-4-5-17-18(13-16)30-15-29-17/h4-5,13H,1-3,6-12,14-15H2,(H,22,27). The lowest BCUT2D eigenvalue weighted by Crippen LogP contribution is -2.52. The Balaban J connectivity index is 1.15. The molecule has 2 fully saturated rings. The van der Waals surface area contributed by atoms with E-state index in [2.05, 4.69) is 10.2 Å². The fourth-order valence-electron chi connectivity index (χ4n) is 4.04. The summed E-state index contributed by atoms with van der Waals surface area (Å²) in [6.45, 7) is 5.33. The first-order chi connectivity index (χ1) is 14.6. The second-order valence-electron chi connectivity index (χ2n) is 7.85. The lowest BCUT2D eigenvalue weighted by atomic mass is 10.1. The molecule has 1 aromatic carbocycles. The molecule has 0 atom stereocenters. The quantitative estimate of drug-likeness (QED) is 0.526. The van der Waals surface area contributed by atoms with Gasteiger partial charge in [0.2, 0.25) is 12.7 Å². The fourth-order valence-corrected chi connectivity index (χ4v) is 4.04. The van der Waals surface area contributed by atoms with E-state index < -0.39 is 11.8 Å². The molecule has 0 aromatic heterocycles. The number of hydrogen-bond donors (Lipinski definition) is 1. The SMILES string of the molecule is O=C(NCCCN1CCCC1=O)C(=O)N1CCN(Cc2ccc3c(c2)OCO3)CC1. The number of benzene rings is 1. The zero-order valence-corrected chi connectivity index (χ0v) is 17.1. The van der Waals surface area contributed by atoms with Crippen LogP contribution in [0.4, 0.5) is 0 Å². The van der Waals surface area contributed by atoms with Crippen molar-refractivity contribution in [3.63, 3.8) is 0 Å². The van der Waals surface area contributed by atoms with Crippen molar-refractivity contribution in [3.05, 3.63) is 23.8 Å². The van der Waals surface area contributed by atoms with E-state index >= 15 is 0 Å². The molecule has 1 aromatic rings. The summed E-state index contributed by atoms with van der Waals surface area (Å²) >= 11 is 0. The van der Waals surface area contributed by atoms with Gasteiger partial charge in [0.05, 0.1) is 0 Å². The number of fused-ring (bicyclic) bond motifs is 1. The van der Waals surface area contributed by atoms with Crippen molar-refractivity contribution in [2.45, 2.75) is 25.8 Å². The summed E-state index contributed by atoms with van der Waals surface area (Å²) in [6.07, 6.45) is 2.18. The fraction of sp³-hybridized carbons (Fsp3) is 0.571. The number of ether oxygens (including phenoxy) is 2. The largest absolute Gasteiger partial charge is 0.454 e. The second kappa shape index (κ2) is 9.34. The van der Waals surface area contributed by atoms with Crippen molar-refractivity contribution in [1.29, 1.82) is 0 Å². The minimum atomic E-state index is -0.563. The molecule has 0 aliphatic carbocycles. The van der Waals surface area contributed by atoms with E-state index in [-0.39, 0.29) is 12.7 Å². The van der Waals surface area contributed by atoms with E-state index in [1.807, 2.05) is 23.1 Å². The summed E-state index contributed by atoms with van der Waals surface area (Å²) in [6, 6.07) is 5.93. The molecule has 162 valence electrons. The Bertz CT molecular complexity index is 807. The number of rotatable bonds is 6. The first-order valence-corrected chi connectivity index (χ1v) is 10.6. The molecule has 3 heterocycles. The normalized spacial score (nSPS) is 18.7. The van der Waals surface area contributed by atoms with Gasteiger partial charge < -0.3 is 24.6 Å². The van der Waals surface area contributed by atoms with Gasteiger partial charge in [-0.25, -0.2) is 0 Å². The Morgan fingerprint density at radius 1 is 1.03 bits per heavy atom. The highest BCUT2D eigenvalue weighted by molar-refractivity contribution is 6.35. The lowest BCUT2D eigenvalue weighted by molar-refractivity contribution is -0.147. The third-order valence-corrected chi connectivity index (χ3v) is 5.76. The number of piperazine rings is 1. The minimum Gasteiger partial charge on any atom is -0.454 e. The third-order valence-electron chi connectivity index (χ3n) is 5.76. The Morgan fingerprint density at radius 2 is 1.83 bits per heavy atom. The molecule has 0 saturated carbocycles. The Kier molecular flexibility index (Phi) is 6.37. The molecule has 1 N–H and O–H groups in total. The number of amides is 3. The van der Waals surface area contributed by atoms with Crippen LogP contribution in [0.2, 0.25) is 0 Å². The van der Waals surface area contributed by atoms with Gasteiger partial charge in [-0.05, 0) is 30.5 Å².